The minimum atomic E-state index is -0.270. The summed E-state index contributed by atoms with van der Waals surface area (Å²) in [5.74, 6) is 0.386. The van der Waals surface area contributed by atoms with Crippen LogP contribution in [0.2, 0.25) is 0 Å². The number of thiazole rings is 1. The number of nitrogens with zero attached hydrogens (tertiary/aromatic N) is 5. The number of fused-ring (bicyclic) bond motifs is 1. The van der Waals surface area contributed by atoms with Crippen molar-refractivity contribution in [1.82, 2.24) is 24.5 Å². The van der Waals surface area contributed by atoms with Crippen LogP contribution in [-0.2, 0) is 13.6 Å². The van der Waals surface area contributed by atoms with Crippen LogP contribution in [0.25, 0.3) is 22.4 Å². The van der Waals surface area contributed by atoms with E-state index in [0.717, 1.165) is 10.7 Å². The van der Waals surface area contributed by atoms with Gasteiger partial charge in [0.25, 0.3) is 0 Å². The maximum absolute atomic E-state index is 13.8. The van der Waals surface area contributed by atoms with Gasteiger partial charge in [-0.05, 0) is 12.1 Å². The van der Waals surface area contributed by atoms with Crippen molar-refractivity contribution in [3.8, 4) is 11.3 Å². The van der Waals surface area contributed by atoms with Gasteiger partial charge in [-0.1, -0.05) is 12.1 Å². The Kier molecular flexibility index (Phi) is 3.66. The van der Waals surface area contributed by atoms with Crippen molar-refractivity contribution in [1.29, 1.82) is 0 Å². The minimum absolute atomic E-state index is 0.270. The fraction of sp³-hybridized carbons (Fsp3) is 0.125. The van der Waals surface area contributed by atoms with Crippen molar-refractivity contribution in [2.75, 3.05) is 5.32 Å². The molecule has 0 atom stereocenters. The zero-order valence-corrected chi connectivity index (χ0v) is 13.6. The van der Waals surface area contributed by atoms with Gasteiger partial charge in [-0.25, -0.2) is 24.3 Å². The first-order chi connectivity index (χ1) is 11.7. The number of hydrogen-bond donors (Lipinski definition) is 1. The Balaban J connectivity index is 1.55. The second-order valence-corrected chi connectivity index (χ2v) is 6.15. The Hall–Kier alpha value is -2.87. The summed E-state index contributed by atoms with van der Waals surface area (Å²) >= 11 is 1.47. The molecule has 6 nitrogen and oxygen atoms in total. The van der Waals surface area contributed by atoms with E-state index in [1.54, 1.807) is 24.5 Å². The first-order valence-electron chi connectivity index (χ1n) is 7.27. The third-order valence-electron chi connectivity index (χ3n) is 3.61. The second kappa shape index (κ2) is 5.97. The fourth-order valence-electron chi connectivity index (χ4n) is 2.42. The van der Waals surface area contributed by atoms with Crippen LogP contribution in [0.15, 0.2) is 42.3 Å². The van der Waals surface area contributed by atoms with Crippen molar-refractivity contribution < 1.29 is 4.39 Å². The lowest BCUT2D eigenvalue weighted by molar-refractivity contribution is 0.631. The Morgan fingerprint density at radius 2 is 2.08 bits per heavy atom. The standard InChI is InChI=1S/C16H13FN6S/c1-23-9-21-14-15(19-8-20-16(14)23)18-6-13-22-12(7-24-13)10-4-2-3-5-11(10)17/h2-5,7-9H,6H2,1H3,(H,18,19,20). The molecule has 24 heavy (non-hydrogen) atoms. The van der Waals surface area contributed by atoms with Crippen molar-refractivity contribution in [2.45, 2.75) is 6.54 Å². The molecule has 1 N–H and O–H groups in total. The zero-order valence-electron chi connectivity index (χ0n) is 12.8. The third-order valence-corrected chi connectivity index (χ3v) is 4.45. The molecule has 0 fully saturated rings. The van der Waals surface area contributed by atoms with Gasteiger partial charge in [0.05, 0.1) is 18.6 Å². The fourth-order valence-corrected chi connectivity index (χ4v) is 3.15. The molecule has 0 aliphatic carbocycles. The van der Waals surface area contributed by atoms with E-state index in [1.807, 2.05) is 17.0 Å². The summed E-state index contributed by atoms with van der Waals surface area (Å²) in [5.41, 5.74) is 2.62. The summed E-state index contributed by atoms with van der Waals surface area (Å²) in [4.78, 5) is 17.2. The predicted molar refractivity (Wildman–Crippen MR) is 91.1 cm³/mol. The molecule has 0 spiro atoms. The molecule has 0 bridgehead atoms. The van der Waals surface area contributed by atoms with E-state index in [4.69, 9.17) is 0 Å². The Morgan fingerprint density at radius 3 is 2.96 bits per heavy atom. The molecule has 4 rings (SSSR count). The zero-order chi connectivity index (χ0) is 16.5. The Bertz CT molecular complexity index is 1010. The van der Waals surface area contributed by atoms with E-state index in [2.05, 4.69) is 25.3 Å². The number of aromatic nitrogens is 5. The molecule has 0 saturated carbocycles. The molecular formula is C16H13FN6S. The van der Waals surface area contributed by atoms with Crippen molar-refractivity contribution in [2.24, 2.45) is 7.05 Å². The lowest BCUT2D eigenvalue weighted by atomic mass is 10.2. The van der Waals surface area contributed by atoms with E-state index in [0.29, 0.717) is 29.1 Å². The lowest BCUT2D eigenvalue weighted by Gasteiger charge is -2.03. The molecule has 3 aromatic heterocycles. The van der Waals surface area contributed by atoms with E-state index >= 15 is 0 Å². The van der Waals surface area contributed by atoms with E-state index in [-0.39, 0.29) is 5.82 Å². The molecular weight excluding hydrogens is 327 g/mol. The van der Waals surface area contributed by atoms with Gasteiger partial charge in [0.2, 0.25) is 0 Å². The molecule has 0 unspecified atom stereocenters. The largest absolute Gasteiger partial charge is 0.362 e. The van der Waals surface area contributed by atoms with Gasteiger partial charge in [-0.15, -0.1) is 11.3 Å². The third kappa shape index (κ3) is 2.61. The number of halogens is 1. The molecule has 3 heterocycles. The average molecular weight is 340 g/mol. The molecule has 1 aromatic carbocycles. The highest BCUT2D eigenvalue weighted by Gasteiger charge is 2.11. The maximum Gasteiger partial charge on any atom is 0.165 e. The van der Waals surface area contributed by atoms with Crippen LogP contribution < -0.4 is 5.32 Å². The van der Waals surface area contributed by atoms with Crippen molar-refractivity contribution in [3.05, 3.63) is 53.1 Å². The number of aryl methyl sites for hydroxylation is 1. The highest BCUT2D eigenvalue weighted by atomic mass is 32.1. The van der Waals surface area contributed by atoms with Crippen molar-refractivity contribution in [3.63, 3.8) is 0 Å². The minimum Gasteiger partial charge on any atom is -0.362 e. The Morgan fingerprint density at radius 1 is 1.21 bits per heavy atom. The van der Waals surface area contributed by atoms with Crippen LogP contribution in [0.5, 0.6) is 0 Å². The maximum atomic E-state index is 13.8. The highest BCUT2D eigenvalue weighted by Crippen LogP contribution is 2.25. The van der Waals surface area contributed by atoms with Gasteiger partial charge in [0, 0.05) is 18.0 Å². The molecule has 0 radical (unpaired) electrons. The van der Waals surface area contributed by atoms with Crippen LogP contribution in [0.4, 0.5) is 10.2 Å². The quantitative estimate of drug-likeness (QED) is 0.618. The normalized spacial score (nSPS) is 11.1. The summed E-state index contributed by atoms with van der Waals surface area (Å²) in [6, 6.07) is 6.63. The van der Waals surface area contributed by atoms with Crippen LogP contribution in [0.3, 0.4) is 0 Å². The Labute approximate surface area is 141 Å². The van der Waals surface area contributed by atoms with Crippen LogP contribution in [0, 0.1) is 5.82 Å². The second-order valence-electron chi connectivity index (χ2n) is 5.21. The van der Waals surface area contributed by atoms with Crippen LogP contribution in [0.1, 0.15) is 5.01 Å². The number of anilines is 1. The van der Waals surface area contributed by atoms with Gasteiger partial charge in [0.1, 0.15) is 22.7 Å². The van der Waals surface area contributed by atoms with Gasteiger partial charge >= 0.3 is 0 Å². The molecule has 4 aromatic rings. The monoisotopic (exact) mass is 340 g/mol. The smallest absolute Gasteiger partial charge is 0.165 e. The summed E-state index contributed by atoms with van der Waals surface area (Å²) in [7, 11) is 1.88. The predicted octanol–water partition coefficient (Wildman–Crippen LogP) is 3.24. The number of rotatable bonds is 4. The number of hydrogen-bond acceptors (Lipinski definition) is 6. The first-order valence-corrected chi connectivity index (χ1v) is 8.15. The molecule has 0 saturated heterocycles. The van der Waals surface area contributed by atoms with E-state index in [1.165, 1.54) is 23.7 Å². The molecule has 0 aliphatic heterocycles. The molecule has 0 amide bonds. The first kappa shape index (κ1) is 14.7. The van der Waals surface area contributed by atoms with E-state index < -0.39 is 0 Å². The number of benzene rings is 1. The van der Waals surface area contributed by atoms with Crippen LogP contribution in [-0.4, -0.2) is 24.5 Å². The van der Waals surface area contributed by atoms with Crippen molar-refractivity contribution >= 4 is 28.3 Å². The average Bonchev–Trinajstić information content (AvgIpc) is 3.21. The number of nitrogens with one attached hydrogen (secondary N) is 1. The molecule has 8 heteroatoms. The van der Waals surface area contributed by atoms with E-state index in [9.17, 15) is 4.39 Å². The highest BCUT2D eigenvalue weighted by molar-refractivity contribution is 7.10. The number of imidazole rings is 1. The lowest BCUT2D eigenvalue weighted by Crippen LogP contribution is -2.02. The SMILES string of the molecule is Cn1cnc2c(NCc3nc(-c4ccccc4F)cs3)ncnc21. The van der Waals surface area contributed by atoms with Gasteiger partial charge < -0.3 is 9.88 Å². The topological polar surface area (TPSA) is 68.5 Å². The summed E-state index contributed by atoms with van der Waals surface area (Å²) in [5, 5.41) is 5.92. The van der Waals surface area contributed by atoms with Gasteiger partial charge in [-0.3, -0.25) is 0 Å². The summed E-state index contributed by atoms with van der Waals surface area (Å²) < 4.78 is 15.7. The summed E-state index contributed by atoms with van der Waals surface area (Å²) in [6.07, 6.45) is 3.20. The van der Waals surface area contributed by atoms with Gasteiger partial charge in [0.15, 0.2) is 11.5 Å². The van der Waals surface area contributed by atoms with Gasteiger partial charge in [-0.2, -0.15) is 0 Å². The molecule has 120 valence electrons. The molecule has 0 aliphatic rings. The summed E-state index contributed by atoms with van der Waals surface area (Å²) in [6.45, 7) is 0.488. The van der Waals surface area contributed by atoms with Crippen LogP contribution >= 0.6 is 11.3 Å².